The zero-order chi connectivity index (χ0) is 21.1. The third-order valence-corrected chi connectivity index (χ3v) is 13.0. The first-order chi connectivity index (χ1) is 13.6. The molecule has 0 saturated heterocycles. The topological polar surface area (TPSA) is 56.3 Å². The minimum atomic E-state index is -3.75. The van der Waals surface area contributed by atoms with E-state index in [1.807, 2.05) is 36.4 Å². The van der Waals surface area contributed by atoms with E-state index in [9.17, 15) is 8.42 Å². The molecule has 0 unspecified atom stereocenters. The van der Waals surface area contributed by atoms with E-state index in [0.29, 0.717) is 18.0 Å². The van der Waals surface area contributed by atoms with Gasteiger partial charge in [0.1, 0.15) is 0 Å². The SMILES string of the molecule is CC(C)(C)[Si](OCCc1ncc(S(=O)(=O)Cl)s1)(c1ccccc1)c1ccccc1. The lowest BCUT2D eigenvalue weighted by Crippen LogP contribution is -2.66. The molecule has 2 aromatic carbocycles. The van der Waals surface area contributed by atoms with Gasteiger partial charge in [-0.05, 0) is 15.4 Å². The zero-order valence-corrected chi connectivity index (χ0v) is 20.0. The second kappa shape index (κ2) is 8.69. The van der Waals surface area contributed by atoms with Gasteiger partial charge in [0.2, 0.25) is 0 Å². The molecular formula is C21H24ClNO3S2Si. The van der Waals surface area contributed by atoms with Gasteiger partial charge in [0.05, 0.1) is 11.2 Å². The summed E-state index contributed by atoms with van der Waals surface area (Å²) in [7, 11) is -0.932. The summed E-state index contributed by atoms with van der Waals surface area (Å²) in [5.41, 5.74) is 0. The number of nitrogens with zero attached hydrogens (tertiary/aromatic N) is 1. The minimum Gasteiger partial charge on any atom is -0.407 e. The van der Waals surface area contributed by atoms with Gasteiger partial charge in [-0.3, -0.25) is 0 Å². The van der Waals surface area contributed by atoms with Gasteiger partial charge in [0, 0.05) is 23.7 Å². The smallest absolute Gasteiger partial charge is 0.272 e. The maximum Gasteiger partial charge on any atom is 0.272 e. The van der Waals surface area contributed by atoms with E-state index >= 15 is 0 Å². The third-order valence-electron chi connectivity index (χ3n) is 4.82. The second-order valence-corrected chi connectivity index (χ2v) is 16.0. The van der Waals surface area contributed by atoms with Gasteiger partial charge in [-0.25, -0.2) is 13.4 Å². The fourth-order valence-corrected chi connectivity index (χ4v) is 10.0. The highest BCUT2D eigenvalue weighted by Crippen LogP contribution is 2.36. The van der Waals surface area contributed by atoms with Crippen LogP contribution in [0.25, 0.3) is 0 Å². The van der Waals surface area contributed by atoms with Crippen molar-refractivity contribution in [3.8, 4) is 0 Å². The van der Waals surface area contributed by atoms with E-state index in [0.717, 1.165) is 11.3 Å². The van der Waals surface area contributed by atoms with Crippen LogP contribution in [0.1, 0.15) is 25.8 Å². The molecule has 29 heavy (non-hydrogen) atoms. The molecule has 0 fully saturated rings. The molecule has 3 rings (SSSR count). The third kappa shape index (κ3) is 4.81. The van der Waals surface area contributed by atoms with Crippen LogP contribution in [0.2, 0.25) is 5.04 Å². The number of halogens is 1. The van der Waals surface area contributed by atoms with Crippen LogP contribution in [0.3, 0.4) is 0 Å². The maximum absolute atomic E-state index is 11.5. The van der Waals surface area contributed by atoms with Crippen LogP contribution in [0, 0.1) is 0 Å². The Hall–Kier alpha value is -1.51. The molecule has 0 saturated carbocycles. The molecule has 0 bridgehead atoms. The Morgan fingerprint density at radius 3 is 1.93 bits per heavy atom. The first kappa shape index (κ1) is 22.2. The summed E-state index contributed by atoms with van der Waals surface area (Å²) in [6.45, 7) is 7.12. The van der Waals surface area contributed by atoms with E-state index in [2.05, 4.69) is 50.0 Å². The van der Waals surface area contributed by atoms with Crippen molar-refractivity contribution >= 4 is 49.8 Å². The fraction of sp³-hybridized carbons (Fsp3) is 0.286. The van der Waals surface area contributed by atoms with Crippen molar-refractivity contribution in [1.29, 1.82) is 0 Å². The molecule has 0 aliphatic rings. The van der Waals surface area contributed by atoms with E-state index in [1.165, 1.54) is 16.6 Å². The molecule has 1 heterocycles. The molecule has 1 aromatic heterocycles. The lowest BCUT2D eigenvalue weighted by Gasteiger charge is -2.43. The van der Waals surface area contributed by atoms with Gasteiger partial charge < -0.3 is 4.43 Å². The zero-order valence-electron chi connectivity index (χ0n) is 16.6. The number of rotatable bonds is 7. The molecular weight excluding hydrogens is 442 g/mol. The summed E-state index contributed by atoms with van der Waals surface area (Å²) in [6, 6.07) is 20.8. The standard InChI is InChI=1S/C21H24ClNO3S2Si/c1-21(2,3)29(17-10-6-4-7-11-17,18-12-8-5-9-13-18)26-15-14-19-23-16-20(27-19)28(22,24)25/h4-13,16H,14-15H2,1-3H3. The van der Waals surface area contributed by atoms with Crippen molar-refractivity contribution in [3.05, 3.63) is 71.9 Å². The van der Waals surface area contributed by atoms with Crippen LogP contribution in [0.15, 0.2) is 71.1 Å². The van der Waals surface area contributed by atoms with E-state index in [1.54, 1.807) is 0 Å². The monoisotopic (exact) mass is 465 g/mol. The van der Waals surface area contributed by atoms with Crippen LogP contribution in [-0.2, 0) is 19.9 Å². The molecule has 8 heteroatoms. The summed E-state index contributed by atoms with van der Waals surface area (Å²) >= 11 is 1.09. The van der Waals surface area contributed by atoms with Gasteiger partial charge in [0.15, 0.2) is 4.21 Å². The van der Waals surface area contributed by atoms with Crippen molar-refractivity contribution in [2.75, 3.05) is 6.61 Å². The lowest BCUT2D eigenvalue weighted by atomic mass is 10.2. The molecule has 0 aliphatic carbocycles. The Labute approximate surface area is 182 Å². The quantitative estimate of drug-likeness (QED) is 0.387. The molecule has 0 atom stereocenters. The summed E-state index contributed by atoms with van der Waals surface area (Å²) < 4.78 is 29.8. The predicted octanol–water partition coefficient (Wildman–Crippen LogP) is 4.19. The minimum absolute atomic E-state index is 0.0691. The van der Waals surface area contributed by atoms with Crippen molar-refractivity contribution in [3.63, 3.8) is 0 Å². The summed E-state index contributed by atoms with van der Waals surface area (Å²) in [6.07, 6.45) is 1.84. The van der Waals surface area contributed by atoms with Crippen LogP contribution in [0.4, 0.5) is 0 Å². The fourth-order valence-electron chi connectivity index (χ4n) is 3.57. The van der Waals surface area contributed by atoms with Crippen molar-refractivity contribution < 1.29 is 12.8 Å². The molecule has 0 amide bonds. The Morgan fingerprint density at radius 2 is 1.52 bits per heavy atom. The van der Waals surface area contributed by atoms with Gasteiger partial charge in [0.25, 0.3) is 17.4 Å². The summed E-state index contributed by atoms with van der Waals surface area (Å²) in [5, 5.41) is 3.01. The predicted molar refractivity (Wildman–Crippen MR) is 122 cm³/mol. The van der Waals surface area contributed by atoms with Gasteiger partial charge >= 0.3 is 0 Å². The van der Waals surface area contributed by atoms with E-state index in [-0.39, 0.29) is 9.25 Å². The summed E-state index contributed by atoms with van der Waals surface area (Å²) in [4.78, 5) is 4.20. The molecule has 0 radical (unpaired) electrons. The molecule has 4 nitrogen and oxygen atoms in total. The Morgan fingerprint density at radius 1 is 1.00 bits per heavy atom. The van der Waals surface area contributed by atoms with Gasteiger partial charge in [-0.2, -0.15) is 0 Å². The maximum atomic E-state index is 11.5. The highest BCUT2D eigenvalue weighted by atomic mass is 35.7. The van der Waals surface area contributed by atoms with Gasteiger partial charge in [-0.15, -0.1) is 11.3 Å². The number of benzene rings is 2. The number of hydrogen-bond acceptors (Lipinski definition) is 5. The van der Waals surface area contributed by atoms with Crippen LogP contribution >= 0.6 is 22.0 Å². The highest BCUT2D eigenvalue weighted by Gasteiger charge is 2.50. The Bertz CT molecular complexity index is 1010. The number of hydrogen-bond donors (Lipinski definition) is 0. The van der Waals surface area contributed by atoms with Crippen molar-refractivity contribution in [2.45, 2.75) is 36.4 Å². The lowest BCUT2D eigenvalue weighted by molar-refractivity contribution is 0.301. The molecule has 154 valence electrons. The van der Waals surface area contributed by atoms with Crippen molar-refractivity contribution in [2.24, 2.45) is 0 Å². The molecule has 0 aliphatic heterocycles. The normalized spacial score (nSPS) is 12.8. The Balaban J connectivity index is 1.95. The first-order valence-corrected chi connectivity index (χ1v) is 14.3. The number of thiazole rings is 1. The van der Waals surface area contributed by atoms with E-state index in [4.69, 9.17) is 15.1 Å². The average molecular weight is 466 g/mol. The van der Waals surface area contributed by atoms with Crippen molar-refractivity contribution in [1.82, 2.24) is 4.98 Å². The Kier molecular flexibility index (Phi) is 6.65. The van der Waals surface area contributed by atoms with Gasteiger partial charge in [-0.1, -0.05) is 81.4 Å². The largest absolute Gasteiger partial charge is 0.407 e. The van der Waals surface area contributed by atoms with E-state index < -0.39 is 17.4 Å². The van der Waals surface area contributed by atoms with Crippen LogP contribution in [0.5, 0.6) is 0 Å². The molecule has 3 aromatic rings. The molecule has 0 N–H and O–H groups in total. The molecule has 0 spiro atoms. The average Bonchev–Trinajstić information content (AvgIpc) is 3.15. The number of aromatic nitrogens is 1. The second-order valence-electron chi connectivity index (χ2n) is 7.77. The highest BCUT2D eigenvalue weighted by molar-refractivity contribution is 8.15. The summed E-state index contributed by atoms with van der Waals surface area (Å²) in [5.74, 6) is 0. The van der Waals surface area contributed by atoms with Crippen LogP contribution < -0.4 is 10.4 Å². The first-order valence-electron chi connectivity index (χ1n) is 9.29. The van der Waals surface area contributed by atoms with Crippen LogP contribution in [-0.4, -0.2) is 28.3 Å².